The van der Waals surface area contributed by atoms with Crippen LogP contribution in [-0.2, 0) is 6.54 Å². The molecule has 0 aliphatic carbocycles. The molecule has 1 N–H and O–H groups in total. The van der Waals surface area contributed by atoms with Gasteiger partial charge in [-0.1, -0.05) is 43.1 Å². The van der Waals surface area contributed by atoms with E-state index in [0.717, 1.165) is 16.7 Å². The Morgan fingerprint density at radius 3 is 2.30 bits per heavy atom. The quantitative estimate of drug-likeness (QED) is 0.808. The minimum atomic E-state index is -0.274. The van der Waals surface area contributed by atoms with Crippen molar-refractivity contribution in [2.24, 2.45) is 0 Å². The Kier molecular flexibility index (Phi) is 5.03. The van der Waals surface area contributed by atoms with Gasteiger partial charge in [-0.2, -0.15) is 0 Å². The molecule has 1 nitrogen and oxygen atoms in total. The second-order valence-electron chi connectivity index (χ2n) is 5.00. The Morgan fingerprint density at radius 1 is 1.05 bits per heavy atom. The maximum absolute atomic E-state index is 13.5. The highest BCUT2D eigenvalue weighted by molar-refractivity contribution is 6.35. The number of hydrogen-bond donors (Lipinski definition) is 1. The highest BCUT2D eigenvalue weighted by atomic mass is 35.5. The third-order valence-electron chi connectivity index (χ3n) is 2.95. The van der Waals surface area contributed by atoms with Gasteiger partial charge in [0, 0.05) is 22.6 Å². The summed E-state index contributed by atoms with van der Waals surface area (Å²) < 4.78 is 13.5. The molecule has 0 saturated carbocycles. The summed E-state index contributed by atoms with van der Waals surface area (Å²) in [5.41, 5.74) is 2.64. The van der Waals surface area contributed by atoms with Crippen molar-refractivity contribution >= 4 is 23.2 Å². The summed E-state index contributed by atoms with van der Waals surface area (Å²) in [5, 5.41) is 4.41. The summed E-state index contributed by atoms with van der Waals surface area (Å²) in [6, 6.07) is 10.4. The molecule has 0 aliphatic heterocycles. The van der Waals surface area contributed by atoms with Gasteiger partial charge in [-0.25, -0.2) is 4.39 Å². The second kappa shape index (κ2) is 6.57. The van der Waals surface area contributed by atoms with Crippen molar-refractivity contribution in [1.29, 1.82) is 0 Å². The van der Waals surface area contributed by atoms with Crippen LogP contribution < -0.4 is 5.32 Å². The van der Waals surface area contributed by atoms with Gasteiger partial charge in [0.2, 0.25) is 0 Å². The summed E-state index contributed by atoms with van der Waals surface area (Å²) in [6.45, 7) is 4.80. The van der Waals surface area contributed by atoms with Gasteiger partial charge in [0.15, 0.2) is 0 Å². The fraction of sp³-hybridized carbons (Fsp3) is 0.250. The van der Waals surface area contributed by atoms with E-state index in [2.05, 4.69) is 19.2 Å². The first kappa shape index (κ1) is 15.3. The van der Waals surface area contributed by atoms with Gasteiger partial charge in [-0.15, -0.1) is 0 Å². The molecule has 0 spiro atoms. The molecule has 0 unspecified atom stereocenters. The van der Waals surface area contributed by atoms with Gasteiger partial charge in [0.25, 0.3) is 0 Å². The van der Waals surface area contributed by atoms with Crippen LogP contribution in [0.3, 0.4) is 0 Å². The Labute approximate surface area is 128 Å². The maximum atomic E-state index is 13.5. The fourth-order valence-electron chi connectivity index (χ4n) is 1.99. The first-order chi connectivity index (χ1) is 9.45. The second-order valence-corrected chi connectivity index (χ2v) is 5.87. The van der Waals surface area contributed by atoms with E-state index in [0.29, 0.717) is 22.6 Å². The van der Waals surface area contributed by atoms with Crippen molar-refractivity contribution in [1.82, 2.24) is 5.32 Å². The van der Waals surface area contributed by atoms with E-state index in [9.17, 15) is 4.39 Å². The number of rotatable bonds is 4. The molecule has 0 atom stereocenters. The first-order valence-corrected chi connectivity index (χ1v) is 7.19. The Balaban J connectivity index is 2.45. The summed E-state index contributed by atoms with van der Waals surface area (Å²) >= 11 is 12.1. The van der Waals surface area contributed by atoms with Gasteiger partial charge in [-0.3, -0.25) is 0 Å². The Hall–Kier alpha value is -1.09. The average Bonchev–Trinajstić information content (AvgIpc) is 2.36. The predicted octanol–water partition coefficient (Wildman–Crippen LogP) is 5.30. The van der Waals surface area contributed by atoms with Gasteiger partial charge < -0.3 is 5.32 Å². The molecule has 0 aromatic heterocycles. The molecule has 0 aliphatic rings. The van der Waals surface area contributed by atoms with Crippen LogP contribution in [0.15, 0.2) is 36.4 Å². The lowest BCUT2D eigenvalue weighted by molar-refractivity contribution is 0.587. The van der Waals surface area contributed by atoms with E-state index in [1.165, 1.54) is 12.1 Å². The van der Waals surface area contributed by atoms with E-state index in [-0.39, 0.29) is 5.82 Å². The predicted molar refractivity (Wildman–Crippen MR) is 83.8 cm³/mol. The highest BCUT2D eigenvalue weighted by Gasteiger charge is 2.09. The maximum Gasteiger partial charge on any atom is 0.123 e. The molecule has 0 heterocycles. The molecule has 0 fully saturated rings. The molecule has 2 aromatic carbocycles. The summed E-state index contributed by atoms with van der Waals surface area (Å²) in [4.78, 5) is 0. The van der Waals surface area contributed by atoms with Crippen LogP contribution in [0.4, 0.5) is 4.39 Å². The summed E-state index contributed by atoms with van der Waals surface area (Å²) in [7, 11) is 0. The standard InChI is InChI=1S/C16H16Cl2FN/c1-10(2)20-9-11-3-4-15(19)8-16(11)12-5-13(17)7-14(18)6-12/h3-8,10,20H,9H2,1-2H3. The van der Waals surface area contributed by atoms with Crippen molar-refractivity contribution in [3.8, 4) is 11.1 Å². The van der Waals surface area contributed by atoms with Crippen LogP contribution in [-0.4, -0.2) is 6.04 Å². The zero-order valence-electron chi connectivity index (χ0n) is 11.4. The van der Waals surface area contributed by atoms with Crippen LogP contribution in [0.2, 0.25) is 10.0 Å². The zero-order valence-corrected chi connectivity index (χ0v) is 12.9. The van der Waals surface area contributed by atoms with Crippen molar-refractivity contribution in [3.63, 3.8) is 0 Å². The molecular weight excluding hydrogens is 296 g/mol. The van der Waals surface area contributed by atoms with Crippen LogP contribution in [0.25, 0.3) is 11.1 Å². The highest BCUT2D eigenvalue weighted by Crippen LogP contribution is 2.30. The third kappa shape index (κ3) is 3.95. The van der Waals surface area contributed by atoms with Gasteiger partial charge in [0.05, 0.1) is 0 Å². The molecule has 20 heavy (non-hydrogen) atoms. The van der Waals surface area contributed by atoms with Gasteiger partial charge in [-0.05, 0) is 47.0 Å². The van der Waals surface area contributed by atoms with Gasteiger partial charge >= 0.3 is 0 Å². The third-order valence-corrected chi connectivity index (χ3v) is 3.38. The van der Waals surface area contributed by atoms with E-state index < -0.39 is 0 Å². The zero-order chi connectivity index (χ0) is 14.7. The first-order valence-electron chi connectivity index (χ1n) is 6.44. The minimum absolute atomic E-state index is 0.274. The number of hydrogen-bond acceptors (Lipinski definition) is 1. The lowest BCUT2D eigenvalue weighted by atomic mass is 9.99. The van der Waals surface area contributed by atoms with Gasteiger partial charge in [0.1, 0.15) is 5.82 Å². The van der Waals surface area contributed by atoms with E-state index in [1.807, 2.05) is 0 Å². The molecular formula is C16H16Cl2FN. The SMILES string of the molecule is CC(C)NCc1ccc(F)cc1-c1cc(Cl)cc(Cl)c1. The molecule has 4 heteroatoms. The fourth-order valence-corrected chi connectivity index (χ4v) is 2.52. The van der Waals surface area contributed by atoms with Crippen LogP contribution in [0, 0.1) is 5.82 Å². The van der Waals surface area contributed by atoms with E-state index in [4.69, 9.17) is 23.2 Å². The largest absolute Gasteiger partial charge is 0.310 e. The lowest BCUT2D eigenvalue weighted by Crippen LogP contribution is -2.22. The smallest absolute Gasteiger partial charge is 0.123 e. The van der Waals surface area contributed by atoms with Crippen molar-refractivity contribution in [3.05, 3.63) is 57.8 Å². The number of benzene rings is 2. The average molecular weight is 312 g/mol. The van der Waals surface area contributed by atoms with E-state index >= 15 is 0 Å². The molecule has 0 amide bonds. The number of halogens is 3. The molecule has 106 valence electrons. The molecule has 0 saturated heterocycles. The minimum Gasteiger partial charge on any atom is -0.310 e. The molecule has 2 rings (SSSR count). The molecule has 0 radical (unpaired) electrons. The molecule has 0 bridgehead atoms. The topological polar surface area (TPSA) is 12.0 Å². The number of nitrogens with one attached hydrogen (secondary N) is 1. The summed E-state index contributed by atoms with van der Waals surface area (Å²) in [5.74, 6) is -0.274. The normalized spacial score (nSPS) is 11.1. The van der Waals surface area contributed by atoms with E-state index in [1.54, 1.807) is 24.3 Å². The van der Waals surface area contributed by atoms with Crippen LogP contribution >= 0.6 is 23.2 Å². The van der Waals surface area contributed by atoms with Crippen LogP contribution in [0.5, 0.6) is 0 Å². The lowest BCUT2D eigenvalue weighted by Gasteiger charge is -2.13. The van der Waals surface area contributed by atoms with Crippen molar-refractivity contribution in [2.45, 2.75) is 26.4 Å². The van der Waals surface area contributed by atoms with Crippen molar-refractivity contribution < 1.29 is 4.39 Å². The Morgan fingerprint density at radius 2 is 1.70 bits per heavy atom. The van der Waals surface area contributed by atoms with Crippen molar-refractivity contribution in [2.75, 3.05) is 0 Å². The molecule has 2 aromatic rings. The monoisotopic (exact) mass is 311 g/mol. The summed E-state index contributed by atoms with van der Waals surface area (Å²) in [6.07, 6.45) is 0. The van der Waals surface area contributed by atoms with Crippen LogP contribution in [0.1, 0.15) is 19.4 Å². The Bertz CT molecular complexity index is 591.